The smallest absolute Gasteiger partial charge is 0.146 e. The molecule has 0 aliphatic rings. The minimum atomic E-state index is 0.300. The van der Waals surface area contributed by atoms with Crippen molar-refractivity contribution in [3.63, 3.8) is 0 Å². The van der Waals surface area contributed by atoms with Crippen LogP contribution in [0.25, 0.3) is 0 Å². The van der Waals surface area contributed by atoms with Gasteiger partial charge in [0.05, 0.1) is 12.3 Å². The highest BCUT2D eigenvalue weighted by Gasteiger charge is 1.94. The van der Waals surface area contributed by atoms with E-state index in [9.17, 15) is 0 Å². The van der Waals surface area contributed by atoms with Gasteiger partial charge in [0.15, 0.2) is 0 Å². The molecular weight excluding hydrogens is 222 g/mol. The average Bonchev–Trinajstić information content (AvgIpc) is 2.05. The van der Waals surface area contributed by atoms with Crippen molar-refractivity contribution in [3.05, 3.63) is 28.5 Å². The van der Waals surface area contributed by atoms with Crippen molar-refractivity contribution >= 4 is 15.9 Å². The Hall–Kier alpha value is -0.450. The van der Waals surface area contributed by atoms with Crippen molar-refractivity contribution in [1.29, 1.82) is 0 Å². The molecule has 66 valence electrons. The number of ether oxygens (including phenoxy) is 2. The van der Waals surface area contributed by atoms with E-state index in [4.69, 9.17) is 9.47 Å². The number of hydrogen-bond donors (Lipinski definition) is 0. The lowest BCUT2D eigenvalue weighted by Gasteiger charge is -2.01. The van der Waals surface area contributed by atoms with E-state index in [0.29, 0.717) is 13.4 Å². The van der Waals surface area contributed by atoms with Crippen LogP contribution in [0.1, 0.15) is 5.69 Å². The van der Waals surface area contributed by atoms with Crippen molar-refractivity contribution < 1.29 is 9.47 Å². The maximum Gasteiger partial charge on any atom is 0.146 e. The maximum absolute atomic E-state index is 5.12. The largest absolute Gasteiger partial charge is 0.359 e. The van der Waals surface area contributed by atoms with Gasteiger partial charge in [-0.05, 0) is 12.1 Å². The molecule has 3 nitrogen and oxygen atoms in total. The van der Waals surface area contributed by atoms with Crippen LogP contribution in [0.4, 0.5) is 0 Å². The molecule has 0 aliphatic heterocycles. The normalized spacial score (nSPS) is 10.2. The van der Waals surface area contributed by atoms with E-state index in [1.165, 1.54) is 0 Å². The zero-order valence-corrected chi connectivity index (χ0v) is 8.37. The molecule has 0 atom stereocenters. The molecule has 0 fully saturated rings. The van der Waals surface area contributed by atoms with E-state index in [-0.39, 0.29) is 0 Å². The summed E-state index contributed by atoms with van der Waals surface area (Å²) in [7, 11) is 1.59. The zero-order chi connectivity index (χ0) is 8.81. The van der Waals surface area contributed by atoms with Crippen LogP contribution in [0.3, 0.4) is 0 Å². The van der Waals surface area contributed by atoms with Gasteiger partial charge in [0, 0.05) is 17.8 Å². The SMILES string of the molecule is COCOCc1cc(Br)ccn1. The van der Waals surface area contributed by atoms with E-state index in [1.807, 2.05) is 12.1 Å². The summed E-state index contributed by atoms with van der Waals surface area (Å²) in [6.07, 6.45) is 1.73. The van der Waals surface area contributed by atoms with Crippen LogP contribution >= 0.6 is 15.9 Å². The quantitative estimate of drug-likeness (QED) is 0.587. The summed E-state index contributed by atoms with van der Waals surface area (Å²) < 4.78 is 10.9. The Labute approximate surface area is 79.8 Å². The number of hydrogen-bond acceptors (Lipinski definition) is 3. The second-order valence-electron chi connectivity index (χ2n) is 2.22. The summed E-state index contributed by atoms with van der Waals surface area (Å²) in [4.78, 5) is 4.10. The predicted octanol–water partition coefficient (Wildman–Crippen LogP) is 1.96. The van der Waals surface area contributed by atoms with E-state index in [0.717, 1.165) is 10.2 Å². The molecule has 0 amide bonds. The summed E-state index contributed by atoms with van der Waals surface area (Å²) >= 11 is 3.34. The number of halogens is 1. The first kappa shape index (κ1) is 9.64. The highest BCUT2D eigenvalue weighted by molar-refractivity contribution is 9.10. The van der Waals surface area contributed by atoms with Crippen LogP contribution in [0.15, 0.2) is 22.8 Å². The van der Waals surface area contributed by atoms with Gasteiger partial charge in [0.1, 0.15) is 6.79 Å². The fourth-order valence-electron chi connectivity index (χ4n) is 0.757. The first-order chi connectivity index (χ1) is 5.83. The number of nitrogens with zero attached hydrogens (tertiary/aromatic N) is 1. The molecule has 1 rings (SSSR count). The number of methoxy groups -OCH3 is 1. The highest BCUT2D eigenvalue weighted by atomic mass is 79.9. The standard InChI is InChI=1S/C8H10BrNO2/c1-11-6-12-5-8-4-7(9)2-3-10-8/h2-4H,5-6H2,1H3. The van der Waals surface area contributed by atoms with Crippen LogP contribution in [-0.4, -0.2) is 18.9 Å². The lowest BCUT2D eigenvalue weighted by atomic mass is 10.4. The van der Waals surface area contributed by atoms with Gasteiger partial charge in [-0.1, -0.05) is 15.9 Å². The maximum atomic E-state index is 5.12. The second-order valence-corrected chi connectivity index (χ2v) is 3.14. The van der Waals surface area contributed by atoms with E-state index < -0.39 is 0 Å². The topological polar surface area (TPSA) is 31.4 Å². The van der Waals surface area contributed by atoms with Gasteiger partial charge in [0.25, 0.3) is 0 Å². The number of rotatable bonds is 4. The van der Waals surface area contributed by atoms with Crippen LogP contribution in [0.5, 0.6) is 0 Å². The van der Waals surface area contributed by atoms with Crippen molar-refractivity contribution in [2.24, 2.45) is 0 Å². The Morgan fingerprint density at radius 1 is 1.58 bits per heavy atom. The third-order valence-electron chi connectivity index (χ3n) is 1.23. The molecule has 12 heavy (non-hydrogen) atoms. The first-order valence-corrected chi connectivity index (χ1v) is 4.29. The minimum absolute atomic E-state index is 0.300. The zero-order valence-electron chi connectivity index (χ0n) is 6.79. The Kier molecular flexibility index (Phi) is 4.21. The Morgan fingerprint density at radius 3 is 3.08 bits per heavy atom. The molecule has 0 saturated heterocycles. The van der Waals surface area contributed by atoms with Crippen molar-refractivity contribution in [2.75, 3.05) is 13.9 Å². The molecule has 0 bridgehead atoms. The minimum Gasteiger partial charge on any atom is -0.359 e. The predicted molar refractivity (Wildman–Crippen MR) is 48.6 cm³/mol. The summed E-state index contributed by atoms with van der Waals surface area (Å²) in [5, 5.41) is 0. The Bertz CT molecular complexity index is 242. The van der Waals surface area contributed by atoms with Gasteiger partial charge in [0.2, 0.25) is 0 Å². The van der Waals surface area contributed by atoms with Gasteiger partial charge in [-0.15, -0.1) is 0 Å². The second kappa shape index (κ2) is 5.24. The molecule has 0 N–H and O–H groups in total. The molecule has 0 aliphatic carbocycles. The molecule has 0 unspecified atom stereocenters. The molecular formula is C8H10BrNO2. The molecule has 1 heterocycles. The molecule has 4 heteroatoms. The lowest BCUT2D eigenvalue weighted by Crippen LogP contribution is -1.98. The molecule has 0 aromatic carbocycles. The van der Waals surface area contributed by atoms with Crippen LogP contribution in [0, 0.1) is 0 Å². The lowest BCUT2D eigenvalue weighted by molar-refractivity contribution is -0.0401. The molecule has 1 aromatic rings. The summed E-state index contributed by atoms with van der Waals surface area (Å²) in [5.74, 6) is 0. The van der Waals surface area contributed by atoms with E-state index in [1.54, 1.807) is 13.3 Å². The van der Waals surface area contributed by atoms with Crippen LogP contribution in [-0.2, 0) is 16.1 Å². The first-order valence-electron chi connectivity index (χ1n) is 3.50. The van der Waals surface area contributed by atoms with Gasteiger partial charge in [-0.2, -0.15) is 0 Å². The van der Waals surface area contributed by atoms with E-state index in [2.05, 4.69) is 20.9 Å². The van der Waals surface area contributed by atoms with Gasteiger partial charge < -0.3 is 9.47 Å². The molecule has 0 spiro atoms. The summed E-state index contributed by atoms with van der Waals surface area (Å²) in [5.41, 5.74) is 0.890. The molecule has 0 saturated carbocycles. The summed E-state index contributed by atoms with van der Waals surface area (Å²) in [6.45, 7) is 0.779. The Balaban J connectivity index is 2.41. The van der Waals surface area contributed by atoms with Gasteiger partial charge in [-0.3, -0.25) is 4.98 Å². The third-order valence-corrected chi connectivity index (χ3v) is 1.72. The van der Waals surface area contributed by atoms with Crippen LogP contribution < -0.4 is 0 Å². The van der Waals surface area contributed by atoms with Crippen molar-refractivity contribution in [2.45, 2.75) is 6.61 Å². The van der Waals surface area contributed by atoms with Gasteiger partial charge >= 0.3 is 0 Å². The fourth-order valence-corrected chi connectivity index (χ4v) is 1.14. The van der Waals surface area contributed by atoms with Gasteiger partial charge in [-0.25, -0.2) is 0 Å². The van der Waals surface area contributed by atoms with E-state index >= 15 is 0 Å². The third kappa shape index (κ3) is 3.30. The summed E-state index contributed by atoms with van der Waals surface area (Å²) in [6, 6.07) is 3.79. The number of pyridine rings is 1. The van der Waals surface area contributed by atoms with Crippen molar-refractivity contribution in [3.8, 4) is 0 Å². The fraction of sp³-hybridized carbons (Fsp3) is 0.375. The Morgan fingerprint density at radius 2 is 2.42 bits per heavy atom. The average molecular weight is 232 g/mol. The highest BCUT2D eigenvalue weighted by Crippen LogP contribution is 2.09. The number of aromatic nitrogens is 1. The molecule has 1 aromatic heterocycles. The monoisotopic (exact) mass is 231 g/mol. The van der Waals surface area contributed by atoms with Crippen LogP contribution in [0.2, 0.25) is 0 Å². The molecule has 0 radical (unpaired) electrons. The van der Waals surface area contributed by atoms with Crippen molar-refractivity contribution in [1.82, 2.24) is 4.98 Å².